The maximum atomic E-state index is 6.23. The van der Waals surface area contributed by atoms with Crippen molar-refractivity contribution < 1.29 is 0 Å². The first kappa shape index (κ1) is 14.6. The van der Waals surface area contributed by atoms with Crippen molar-refractivity contribution in [3.8, 4) is 0 Å². The highest BCUT2D eigenvalue weighted by atomic mass is 35.5. The number of rotatable bonds is 4. The molecule has 1 aliphatic heterocycles. The van der Waals surface area contributed by atoms with Crippen LogP contribution in [0.5, 0.6) is 0 Å². The van der Waals surface area contributed by atoms with Crippen molar-refractivity contribution in [1.29, 1.82) is 0 Å². The van der Waals surface area contributed by atoms with Crippen LogP contribution in [0.2, 0.25) is 5.02 Å². The number of benzene rings is 1. The van der Waals surface area contributed by atoms with E-state index in [2.05, 4.69) is 17.9 Å². The van der Waals surface area contributed by atoms with Gasteiger partial charge in [0, 0.05) is 18.8 Å². The first-order valence-electron chi connectivity index (χ1n) is 6.96. The summed E-state index contributed by atoms with van der Waals surface area (Å²) in [4.78, 5) is 2.75. The number of hydrogen-bond donors (Lipinski definition) is 1. The maximum absolute atomic E-state index is 6.23. The Morgan fingerprint density at radius 3 is 2.68 bits per heavy atom. The van der Waals surface area contributed by atoms with Crippen LogP contribution in [0.25, 0.3) is 0 Å². The molecular formula is C15H21ClN2S. The minimum Gasteiger partial charge on any atom is -0.389 e. The lowest BCUT2D eigenvalue weighted by Crippen LogP contribution is -2.35. The van der Waals surface area contributed by atoms with Crippen molar-refractivity contribution in [2.45, 2.75) is 32.6 Å². The van der Waals surface area contributed by atoms with Gasteiger partial charge in [-0.1, -0.05) is 49.7 Å². The standard InChI is InChI=1S/C15H21ClN2S/c1-2-4-11-7-9-18(10-8-11)13-6-3-5-12(16)14(13)15(17)19/h3,5-6,11H,2,4,7-10H2,1H3,(H2,17,19). The molecule has 0 radical (unpaired) electrons. The summed E-state index contributed by atoms with van der Waals surface area (Å²) in [6.45, 7) is 4.40. The highest BCUT2D eigenvalue weighted by Gasteiger charge is 2.22. The molecule has 2 rings (SSSR count). The van der Waals surface area contributed by atoms with Gasteiger partial charge in [-0.2, -0.15) is 0 Å². The van der Waals surface area contributed by atoms with Gasteiger partial charge in [0.2, 0.25) is 0 Å². The summed E-state index contributed by atoms with van der Waals surface area (Å²) < 4.78 is 0. The molecule has 0 spiro atoms. The third-order valence-electron chi connectivity index (χ3n) is 3.89. The van der Waals surface area contributed by atoms with Crippen LogP contribution in [-0.4, -0.2) is 18.1 Å². The molecule has 1 aliphatic rings. The number of nitrogens with two attached hydrogens (primary N) is 1. The monoisotopic (exact) mass is 296 g/mol. The van der Waals surface area contributed by atoms with Crippen LogP contribution in [0.3, 0.4) is 0 Å². The van der Waals surface area contributed by atoms with Gasteiger partial charge in [-0.3, -0.25) is 0 Å². The van der Waals surface area contributed by atoms with E-state index >= 15 is 0 Å². The number of nitrogens with zero attached hydrogens (tertiary/aromatic N) is 1. The Morgan fingerprint density at radius 1 is 1.42 bits per heavy atom. The molecule has 1 aromatic rings. The highest BCUT2D eigenvalue weighted by molar-refractivity contribution is 7.80. The minimum atomic E-state index is 0.385. The molecule has 0 unspecified atom stereocenters. The molecule has 0 aliphatic carbocycles. The van der Waals surface area contributed by atoms with Crippen LogP contribution in [0.1, 0.15) is 38.2 Å². The number of thiocarbonyl (C=S) groups is 1. The van der Waals surface area contributed by atoms with Gasteiger partial charge in [-0.15, -0.1) is 0 Å². The van der Waals surface area contributed by atoms with Crippen LogP contribution in [-0.2, 0) is 0 Å². The minimum absolute atomic E-state index is 0.385. The Kier molecular flexibility index (Phi) is 5.06. The predicted molar refractivity (Wildman–Crippen MR) is 87.2 cm³/mol. The predicted octanol–water partition coefficient (Wildman–Crippen LogP) is 3.99. The average Bonchev–Trinajstić information content (AvgIpc) is 2.39. The second-order valence-electron chi connectivity index (χ2n) is 5.22. The molecule has 1 heterocycles. The number of anilines is 1. The third kappa shape index (κ3) is 3.40. The van der Waals surface area contributed by atoms with Crippen molar-refractivity contribution in [2.24, 2.45) is 11.7 Å². The van der Waals surface area contributed by atoms with Gasteiger partial charge in [-0.05, 0) is 30.9 Å². The molecular weight excluding hydrogens is 276 g/mol. The SMILES string of the molecule is CCCC1CCN(c2cccc(Cl)c2C(N)=S)CC1. The van der Waals surface area contributed by atoms with E-state index in [9.17, 15) is 0 Å². The lowest BCUT2D eigenvalue weighted by molar-refractivity contribution is 0.378. The molecule has 0 bridgehead atoms. The summed E-state index contributed by atoms with van der Waals surface area (Å²) in [7, 11) is 0. The van der Waals surface area contributed by atoms with Crippen LogP contribution in [0, 0.1) is 5.92 Å². The van der Waals surface area contributed by atoms with E-state index in [1.165, 1.54) is 25.7 Å². The van der Waals surface area contributed by atoms with E-state index in [0.29, 0.717) is 10.0 Å². The largest absolute Gasteiger partial charge is 0.389 e. The molecule has 4 heteroatoms. The van der Waals surface area contributed by atoms with Crippen molar-refractivity contribution >= 4 is 34.5 Å². The van der Waals surface area contributed by atoms with Gasteiger partial charge < -0.3 is 10.6 Å². The number of hydrogen-bond acceptors (Lipinski definition) is 2. The second kappa shape index (κ2) is 6.58. The molecule has 0 amide bonds. The fourth-order valence-electron chi connectivity index (χ4n) is 2.89. The Hall–Kier alpha value is -0.800. The molecule has 2 N–H and O–H groups in total. The molecule has 0 saturated carbocycles. The molecule has 19 heavy (non-hydrogen) atoms. The molecule has 2 nitrogen and oxygen atoms in total. The summed E-state index contributed by atoms with van der Waals surface area (Å²) >= 11 is 11.4. The topological polar surface area (TPSA) is 29.3 Å². The third-order valence-corrected chi connectivity index (χ3v) is 4.41. The molecule has 104 valence electrons. The zero-order valence-electron chi connectivity index (χ0n) is 11.4. The van der Waals surface area contributed by atoms with Gasteiger partial charge in [0.25, 0.3) is 0 Å². The highest BCUT2D eigenvalue weighted by Crippen LogP contribution is 2.31. The summed E-state index contributed by atoms with van der Waals surface area (Å²) in [6.07, 6.45) is 5.11. The first-order chi connectivity index (χ1) is 9.13. The summed E-state index contributed by atoms with van der Waals surface area (Å²) in [5.41, 5.74) is 7.74. The summed E-state index contributed by atoms with van der Waals surface area (Å²) in [5.74, 6) is 0.869. The lowest BCUT2D eigenvalue weighted by atomic mass is 9.92. The molecule has 0 aromatic heterocycles. The normalized spacial score (nSPS) is 16.6. The first-order valence-corrected chi connectivity index (χ1v) is 7.75. The van der Waals surface area contributed by atoms with Crippen molar-refractivity contribution in [3.05, 3.63) is 28.8 Å². The smallest absolute Gasteiger partial charge is 0.107 e. The quantitative estimate of drug-likeness (QED) is 0.852. The molecule has 1 aromatic carbocycles. The van der Waals surface area contributed by atoms with Gasteiger partial charge in [0.15, 0.2) is 0 Å². The second-order valence-corrected chi connectivity index (χ2v) is 6.06. The van der Waals surface area contributed by atoms with E-state index in [4.69, 9.17) is 29.6 Å². The Labute approximate surface area is 125 Å². The molecule has 1 fully saturated rings. The van der Waals surface area contributed by atoms with Crippen molar-refractivity contribution in [2.75, 3.05) is 18.0 Å². The van der Waals surface area contributed by atoms with E-state index < -0.39 is 0 Å². The number of halogens is 1. The van der Waals surface area contributed by atoms with Crippen LogP contribution in [0.4, 0.5) is 5.69 Å². The number of piperidine rings is 1. The maximum Gasteiger partial charge on any atom is 0.107 e. The Balaban J connectivity index is 2.15. The summed E-state index contributed by atoms with van der Waals surface area (Å²) in [6, 6.07) is 5.89. The zero-order chi connectivity index (χ0) is 13.8. The summed E-state index contributed by atoms with van der Waals surface area (Å²) in [5, 5.41) is 0.653. The van der Waals surface area contributed by atoms with Crippen LogP contribution < -0.4 is 10.6 Å². The fourth-order valence-corrected chi connectivity index (χ4v) is 3.43. The Morgan fingerprint density at radius 2 is 2.11 bits per heavy atom. The zero-order valence-corrected chi connectivity index (χ0v) is 12.9. The van der Waals surface area contributed by atoms with E-state index in [0.717, 1.165) is 30.3 Å². The van der Waals surface area contributed by atoms with Crippen molar-refractivity contribution in [3.63, 3.8) is 0 Å². The molecule has 0 atom stereocenters. The van der Waals surface area contributed by atoms with E-state index in [1.807, 2.05) is 12.1 Å². The molecule has 1 saturated heterocycles. The van der Waals surface area contributed by atoms with Gasteiger partial charge in [0.1, 0.15) is 4.99 Å². The average molecular weight is 297 g/mol. The van der Waals surface area contributed by atoms with Crippen LogP contribution in [0.15, 0.2) is 18.2 Å². The Bertz CT molecular complexity index is 453. The fraction of sp³-hybridized carbons (Fsp3) is 0.533. The van der Waals surface area contributed by atoms with E-state index in [-0.39, 0.29) is 0 Å². The lowest BCUT2D eigenvalue weighted by Gasteiger charge is -2.34. The van der Waals surface area contributed by atoms with Crippen LogP contribution >= 0.6 is 23.8 Å². The van der Waals surface area contributed by atoms with Gasteiger partial charge >= 0.3 is 0 Å². The van der Waals surface area contributed by atoms with Gasteiger partial charge in [-0.25, -0.2) is 0 Å². The van der Waals surface area contributed by atoms with Crippen molar-refractivity contribution in [1.82, 2.24) is 0 Å². The van der Waals surface area contributed by atoms with E-state index in [1.54, 1.807) is 0 Å². The van der Waals surface area contributed by atoms with Gasteiger partial charge in [0.05, 0.1) is 10.6 Å².